The van der Waals surface area contributed by atoms with E-state index < -0.39 is 12.2 Å². The molecule has 2 aromatic rings. The molecule has 0 saturated carbocycles. The number of para-hydroxylation sites is 1. The van der Waals surface area contributed by atoms with Crippen LogP contribution in [-0.4, -0.2) is 46.4 Å². The van der Waals surface area contributed by atoms with Crippen LogP contribution in [0.15, 0.2) is 24.3 Å². The van der Waals surface area contributed by atoms with Gasteiger partial charge in [0.2, 0.25) is 5.91 Å². The minimum absolute atomic E-state index is 0.0670. The van der Waals surface area contributed by atoms with E-state index in [-0.39, 0.29) is 18.9 Å². The number of amides is 1. The summed E-state index contributed by atoms with van der Waals surface area (Å²) in [5, 5.41) is 7.62. The van der Waals surface area contributed by atoms with E-state index in [9.17, 15) is 9.18 Å². The van der Waals surface area contributed by atoms with Crippen molar-refractivity contribution in [3.05, 3.63) is 46.8 Å². The summed E-state index contributed by atoms with van der Waals surface area (Å²) in [7, 11) is 1.76. The van der Waals surface area contributed by atoms with Crippen molar-refractivity contribution in [2.45, 2.75) is 46.0 Å². The van der Waals surface area contributed by atoms with Gasteiger partial charge >= 0.3 is 0 Å². The van der Waals surface area contributed by atoms with Gasteiger partial charge in [-0.25, -0.2) is 9.07 Å². The van der Waals surface area contributed by atoms with Crippen LogP contribution in [0.25, 0.3) is 5.69 Å². The first kappa shape index (κ1) is 17.6. The zero-order valence-corrected chi connectivity index (χ0v) is 15.2. The molecule has 1 fully saturated rings. The second-order valence-electron chi connectivity index (χ2n) is 6.84. The standard InChI is InChI=1S/C19H25FN4O/c1-12-7-5-6-8-18(12)24-14(3)16(13(2)22-24)11-23(4)19(25)17-9-15(20)10-21-17/h5-8,15,17,21H,9-11H2,1-4H3/t15-,17+/m0/s1. The van der Waals surface area contributed by atoms with Gasteiger partial charge in [-0.1, -0.05) is 18.2 Å². The maximum Gasteiger partial charge on any atom is 0.239 e. The number of aromatic nitrogens is 2. The largest absolute Gasteiger partial charge is 0.340 e. The number of hydrogen-bond donors (Lipinski definition) is 1. The highest BCUT2D eigenvalue weighted by Crippen LogP contribution is 2.22. The highest BCUT2D eigenvalue weighted by atomic mass is 19.1. The van der Waals surface area contributed by atoms with Crippen molar-refractivity contribution in [2.24, 2.45) is 0 Å². The number of hydrogen-bond acceptors (Lipinski definition) is 3. The lowest BCUT2D eigenvalue weighted by Gasteiger charge is -2.21. The molecule has 1 aromatic carbocycles. The van der Waals surface area contributed by atoms with Gasteiger partial charge in [-0.15, -0.1) is 0 Å². The minimum atomic E-state index is -0.936. The predicted molar refractivity (Wildman–Crippen MR) is 95.6 cm³/mol. The van der Waals surface area contributed by atoms with Gasteiger partial charge in [0.15, 0.2) is 0 Å². The zero-order chi connectivity index (χ0) is 18.1. The number of benzene rings is 1. The van der Waals surface area contributed by atoms with Gasteiger partial charge in [0.05, 0.1) is 17.4 Å². The van der Waals surface area contributed by atoms with Gasteiger partial charge in [-0.3, -0.25) is 4.79 Å². The molecule has 0 aliphatic carbocycles. The average molecular weight is 344 g/mol. The van der Waals surface area contributed by atoms with E-state index in [1.807, 2.05) is 36.7 Å². The monoisotopic (exact) mass is 344 g/mol. The fourth-order valence-corrected chi connectivity index (χ4v) is 3.40. The lowest BCUT2D eigenvalue weighted by Crippen LogP contribution is -2.41. The molecule has 0 radical (unpaired) electrons. The number of likely N-dealkylation sites (N-methyl/N-ethyl adjacent to an activating group) is 1. The fourth-order valence-electron chi connectivity index (χ4n) is 3.40. The molecule has 1 N–H and O–H groups in total. The summed E-state index contributed by atoms with van der Waals surface area (Å²) in [6, 6.07) is 7.67. The molecule has 0 spiro atoms. The van der Waals surface area contributed by atoms with Crippen LogP contribution in [0.2, 0.25) is 0 Å². The normalized spacial score (nSPS) is 20.0. The SMILES string of the molecule is Cc1ccccc1-n1nc(C)c(CN(C)C(=O)[C@H]2C[C@H](F)CN2)c1C. The van der Waals surface area contributed by atoms with Crippen molar-refractivity contribution >= 4 is 5.91 Å². The van der Waals surface area contributed by atoms with E-state index in [0.717, 1.165) is 28.2 Å². The van der Waals surface area contributed by atoms with Gasteiger partial charge in [-0.05, 0) is 32.4 Å². The van der Waals surface area contributed by atoms with Gasteiger partial charge in [0, 0.05) is 37.8 Å². The number of carbonyl (C=O) groups is 1. The van der Waals surface area contributed by atoms with E-state index in [1.54, 1.807) is 11.9 Å². The minimum Gasteiger partial charge on any atom is -0.340 e. The van der Waals surface area contributed by atoms with Crippen LogP contribution in [0.4, 0.5) is 4.39 Å². The number of aryl methyl sites for hydroxylation is 2. The average Bonchev–Trinajstić information content (AvgIpc) is 3.13. The third-order valence-electron chi connectivity index (χ3n) is 4.93. The first-order chi connectivity index (χ1) is 11.9. The van der Waals surface area contributed by atoms with Crippen molar-refractivity contribution in [1.29, 1.82) is 0 Å². The van der Waals surface area contributed by atoms with Crippen LogP contribution in [0.1, 0.15) is 28.9 Å². The van der Waals surface area contributed by atoms with Gasteiger partial charge < -0.3 is 10.2 Å². The van der Waals surface area contributed by atoms with E-state index in [1.165, 1.54) is 0 Å². The molecule has 2 atom stereocenters. The first-order valence-corrected chi connectivity index (χ1v) is 8.62. The van der Waals surface area contributed by atoms with Crippen LogP contribution >= 0.6 is 0 Å². The number of rotatable bonds is 4. The third kappa shape index (κ3) is 3.44. The van der Waals surface area contributed by atoms with Gasteiger partial charge in [-0.2, -0.15) is 5.10 Å². The van der Waals surface area contributed by atoms with Crippen molar-refractivity contribution in [3.63, 3.8) is 0 Å². The molecule has 0 bridgehead atoms. The van der Waals surface area contributed by atoms with Crippen LogP contribution in [0.3, 0.4) is 0 Å². The highest BCUT2D eigenvalue weighted by Gasteiger charge is 2.31. The number of nitrogens with one attached hydrogen (secondary N) is 1. The van der Waals surface area contributed by atoms with Crippen LogP contribution in [0, 0.1) is 20.8 Å². The summed E-state index contributed by atoms with van der Waals surface area (Å²) in [4.78, 5) is 14.2. The Morgan fingerprint density at radius 3 is 2.72 bits per heavy atom. The molecule has 0 unspecified atom stereocenters. The maximum absolute atomic E-state index is 13.3. The summed E-state index contributed by atoms with van der Waals surface area (Å²) in [5.41, 5.74) is 5.15. The van der Waals surface area contributed by atoms with E-state index >= 15 is 0 Å². The Balaban J connectivity index is 1.81. The molecule has 5 nitrogen and oxygen atoms in total. The second-order valence-corrected chi connectivity index (χ2v) is 6.84. The van der Waals surface area contributed by atoms with Gasteiger partial charge in [0.1, 0.15) is 6.17 Å². The molecule has 3 rings (SSSR count). The lowest BCUT2D eigenvalue weighted by atomic mass is 10.1. The second kappa shape index (κ2) is 6.96. The maximum atomic E-state index is 13.3. The summed E-state index contributed by atoms with van der Waals surface area (Å²) in [6.07, 6.45) is -0.682. The fraction of sp³-hybridized carbons (Fsp3) is 0.474. The summed E-state index contributed by atoms with van der Waals surface area (Å²) in [5.74, 6) is -0.0670. The summed E-state index contributed by atoms with van der Waals surface area (Å²) >= 11 is 0. The Labute approximate surface area is 147 Å². The Morgan fingerprint density at radius 2 is 2.08 bits per heavy atom. The van der Waals surface area contributed by atoms with Crippen molar-refractivity contribution in [3.8, 4) is 5.69 Å². The molecule has 1 aliphatic heterocycles. The molecular weight excluding hydrogens is 319 g/mol. The van der Waals surface area contributed by atoms with Gasteiger partial charge in [0.25, 0.3) is 0 Å². The Morgan fingerprint density at radius 1 is 1.36 bits per heavy atom. The quantitative estimate of drug-likeness (QED) is 0.927. The van der Waals surface area contributed by atoms with Crippen molar-refractivity contribution in [2.75, 3.05) is 13.6 Å². The smallest absolute Gasteiger partial charge is 0.239 e. The molecule has 134 valence electrons. The summed E-state index contributed by atoms with van der Waals surface area (Å²) < 4.78 is 15.3. The van der Waals surface area contributed by atoms with Crippen molar-refractivity contribution in [1.82, 2.24) is 20.0 Å². The summed E-state index contributed by atoms with van der Waals surface area (Å²) in [6.45, 7) is 6.76. The predicted octanol–water partition coefficient (Wildman–Crippen LogP) is 2.46. The zero-order valence-electron chi connectivity index (χ0n) is 15.2. The van der Waals surface area contributed by atoms with E-state index in [0.29, 0.717) is 6.54 Å². The Hall–Kier alpha value is -2.21. The first-order valence-electron chi connectivity index (χ1n) is 8.62. The Kier molecular flexibility index (Phi) is 4.90. The van der Waals surface area contributed by atoms with E-state index in [4.69, 9.17) is 0 Å². The van der Waals surface area contributed by atoms with Crippen LogP contribution in [0.5, 0.6) is 0 Å². The molecule has 25 heavy (non-hydrogen) atoms. The van der Waals surface area contributed by atoms with Crippen molar-refractivity contribution < 1.29 is 9.18 Å². The number of alkyl halides is 1. The Bertz CT molecular complexity index is 786. The molecule has 2 heterocycles. The topological polar surface area (TPSA) is 50.2 Å². The highest BCUT2D eigenvalue weighted by molar-refractivity contribution is 5.82. The molecule has 1 saturated heterocycles. The molecule has 1 amide bonds. The molecular formula is C19H25FN4O. The lowest BCUT2D eigenvalue weighted by molar-refractivity contribution is -0.132. The van der Waals surface area contributed by atoms with Crippen LogP contribution in [-0.2, 0) is 11.3 Å². The molecule has 1 aliphatic rings. The van der Waals surface area contributed by atoms with E-state index in [2.05, 4.69) is 23.4 Å². The number of halogens is 1. The number of nitrogens with zero attached hydrogens (tertiary/aromatic N) is 3. The molecule has 1 aromatic heterocycles. The molecule has 6 heteroatoms. The number of carbonyl (C=O) groups excluding carboxylic acids is 1. The third-order valence-corrected chi connectivity index (χ3v) is 4.93. The van der Waals surface area contributed by atoms with Crippen LogP contribution < -0.4 is 5.32 Å².